The molecule has 3 aromatic carbocycles. The number of hydrogen-bond acceptors (Lipinski definition) is 5. The number of aromatic nitrogens is 3. The van der Waals surface area contributed by atoms with Crippen molar-refractivity contribution in [3.63, 3.8) is 0 Å². The smallest absolute Gasteiger partial charge is 0.413 e. The highest BCUT2D eigenvalue weighted by Crippen LogP contribution is 2.44. The van der Waals surface area contributed by atoms with Crippen LogP contribution in [-0.4, -0.2) is 32.2 Å². The fourth-order valence-electron chi connectivity index (χ4n) is 4.69. The summed E-state index contributed by atoms with van der Waals surface area (Å²) in [5.41, 5.74) is 4.28. The molecule has 1 unspecified atom stereocenters. The number of carbonyl (C=O) groups excluding carboxylic acids is 1. The number of rotatable bonds is 7. The number of ether oxygens (including phenoxy) is 1. The summed E-state index contributed by atoms with van der Waals surface area (Å²) in [7, 11) is 0. The van der Waals surface area contributed by atoms with E-state index in [1.54, 1.807) is 11.6 Å². The van der Waals surface area contributed by atoms with Crippen molar-refractivity contribution in [3.8, 4) is 16.8 Å². The first-order valence-electron chi connectivity index (χ1n) is 12.3. The van der Waals surface area contributed by atoms with Crippen molar-refractivity contribution < 1.29 is 19.4 Å². The van der Waals surface area contributed by atoms with E-state index in [-0.39, 0.29) is 0 Å². The highest BCUT2D eigenvalue weighted by molar-refractivity contribution is 5.85. The van der Waals surface area contributed by atoms with Crippen LogP contribution in [0.4, 0.5) is 10.6 Å². The normalized spacial score (nSPS) is 14.9. The van der Waals surface area contributed by atoms with Crippen LogP contribution in [0.15, 0.2) is 78.9 Å². The Hall–Kier alpha value is -4.46. The predicted octanol–water partition coefficient (Wildman–Crippen LogP) is 6.06. The Kier molecular flexibility index (Phi) is 6.48. The van der Waals surface area contributed by atoms with E-state index in [1.807, 2.05) is 85.8 Å². The van der Waals surface area contributed by atoms with Gasteiger partial charge in [0.1, 0.15) is 11.8 Å². The van der Waals surface area contributed by atoms with Gasteiger partial charge in [0.15, 0.2) is 5.82 Å². The molecule has 0 spiro atoms. The molecule has 1 amide bonds. The minimum atomic E-state index is -0.748. The van der Waals surface area contributed by atoms with E-state index >= 15 is 0 Å². The summed E-state index contributed by atoms with van der Waals surface area (Å²) in [5, 5.41) is 20.8. The zero-order valence-corrected chi connectivity index (χ0v) is 20.7. The average molecular weight is 497 g/mol. The fraction of sp³-hybridized carbons (Fsp3) is 0.241. The van der Waals surface area contributed by atoms with Crippen molar-refractivity contribution in [2.45, 2.75) is 44.6 Å². The van der Waals surface area contributed by atoms with E-state index in [4.69, 9.17) is 4.74 Å². The summed E-state index contributed by atoms with van der Waals surface area (Å²) < 4.78 is 7.10. The van der Waals surface area contributed by atoms with Crippen LogP contribution in [0.25, 0.3) is 16.8 Å². The van der Waals surface area contributed by atoms with Gasteiger partial charge in [0, 0.05) is 0 Å². The Morgan fingerprint density at radius 2 is 1.59 bits per heavy atom. The van der Waals surface area contributed by atoms with Gasteiger partial charge in [0.25, 0.3) is 0 Å². The first-order valence-corrected chi connectivity index (χ1v) is 12.3. The van der Waals surface area contributed by atoms with Gasteiger partial charge in [-0.25, -0.2) is 4.79 Å². The second kappa shape index (κ2) is 9.89. The molecule has 1 atom stereocenters. The largest absolute Gasteiger partial charge is 0.481 e. The number of carbonyl (C=O) groups is 2. The van der Waals surface area contributed by atoms with E-state index in [9.17, 15) is 14.7 Å². The molecular weight excluding hydrogens is 468 g/mol. The summed E-state index contributed by atoms with van der Waals surface area (Å²) in [6.45, 7) is 3.58. The average Bonchev–Trinajstić information content (AvgIpc) is 3.24. The summed E-state index contributed by atoms with van der Waals surface area (Å²) in [6.07, 6.45) is 1.31. The number of carboxylic acids is 1. The van der Waals surface area contributed by atoms with Crippen LogP contribution >= 0.6 is 0 Å². The quantitative estimate of drug-likeness (QED) is 0.322. The van der Waals surface area contributed by atoms with Crippen molar-refractivity contribution in [2.75, 3.05) is 5.32 Å². The number of anilines is 1. The molecule has 0 saturated heterocycles. The Morgan fingerprint density at radius 1 is 0.973 bits per heavy atom. The van der Waals surface area contributed by atoms with Gasteiger partial charge in [-0.2, -0.15) is 4.68 Å². The number of nitrogens with one attached hydrogen (secondary N) is 1. The zero-order chi connectivity index (χ0) is 26.0. The third kappa shape index (κ3) is 4.70. The van der Waals surface area contributed by atoms with Crippen molar-refractivity contribution in [1.82, 2.24) is 15.0 Å². The monoisotopic (exact) mass is 496 g/mol. The fourth-order valence-corrected chi connectivity index (χ4v) is 4.69. The lowest BCUT2D eigenvalue weighted by Crippen LogP contribution is -2.42. The molecule has 1 aliphatic carbocycles. The molecule has 0 aliphatic heterocycles. The lowest BCUT2D eigenvalue weighted by atomic mass is 9.64. The topological polar surface area (TPSA) is 106 Å². The number of aliphatic carboxylic acids is 1. The van der Waals surface area contributed by atoms with Gasteiger partial charge in [0.05, 0.1) is 11.1 Å². The summed E-state index contributed by atoms with van der Waals surface area (Å²) in [5.74, 6) is -0.316. The van der Waals surface area contributed by atoms with Gasteiger partial charge in [-0.15, -0.1) is 5.10 Å². The van der Waals surface area contributed by atoms with Crippen LogP contribution in [0.5, 0.6) is 0 Å². The molecule has 1 aromatic heterocycles. The number of benzene rings is 3. The Labute approximate surface area is 214 Å². The number of amides is 1. The molecule has 188 valence electrons. The zero-order valence-electron chi connectivity index (χ0n) is 20.7. The maximum Gasteiger partial charge on any atom is 0.413 e. The maximum atomic E-state index is 12.6. The molecule has 37 heavy (non-hydrogen) atoms. The van der Waals surface area contributed by atoms with Crippen molar-refractivity contribution in [2.24, 2.45) is 0 Å². The summed E-state index contributed by atoms with van der Waals surface area (Å²) >= 11 is 0. The lowest BCUT2D eigenvalue weighted by molar-refractivity contribution is -0.147. The second-order valence-corrected chi connectivity index (χ2v) is 9.38. The molecule has 1 aliphatic rings. The van der Waals surface area contributed by atoms with Gasteiger partial charge in [-0.3, -0.25) is 10.1 Å². The van der Waals surface area contributed by atoms with Crippen molar-refractivity contribution in [1.29, 1.82) is 0 Å². The van der Waals surface area contributed by atoms with Crippen molar-refractivity contribution in [3.05, 3.63) is 95.7 Å². The number of hydrogen-bond donors (Lipinski definition) is 2. The van der Waals surface area contributed by atoms with Gasteiger partial charge in [-0.05, 0) is 61.1 Å². The highest BCUT2D eigenvalue weighted by atomic mass is 16.6. The lowest BCUT2D eigenvalue weighted by Gasteiger charge is -2.38. The van der Waals surface area contributed by atoms with E-state index < -0.39 is 23.6 Å². The Morgan fingerprint density at radius 3 is 2.16 bits per heavy atom. The molecule has 8 nitrogen and oxygen atoms in total. The second-order valence-electron chi connectivity index (χ2n) is 9.38. The maximum absolute atomic E-state index is 12.6. The number of carboxylic acid groups (broad SMARTS) is 1. The predicted molar refractivity (Wildman–Crippen MR) is 140 cm³/mol. The third-order valence-corrected chi connectivity index (χ3v) is 7.11. The molecule has 0 radical (unpaired) electrons. The van der Waals surface area contributed by atoms with Crippen LogP contribution in [0, 0.1) is 6.92 Å². The van der Waals surface area contributed by atoms with Gasteiger partial charge >= 0.3 is 12.1 Å². The molecule has 4 aromatic rings. The number of aryl methyl sites for hydroxylation is 1. The van der Waals surface area contributed by atoms with Crippen molar-refractivity contribution >= 4 is 17.9 Å². The highest BCUT2D eigenvalue weighted by Gasteiger charge is 2.45. The molecular formula is C29H28N4O4. The minimum Gasteiger partial charge on any atom is -0.481 e. The molecule has 5 rings (SSSR count). The van der Waals surface area contributed by atoms with Crippen LogP contribution < -0.4 is 5.32 Å². The van der Waals surface area contributed by atoms with Crippen LogP contribution in [-0.2, 0) is 14.9 Å². The van der Waals surface area contributed by atoms with E-state index in [0.717, 1.165) is 34.4 Å². The van der Waals surface area contributed by atoms with E-state index in [0.29, 0.717) is 24.4 Å². The molecule has 8 heteroatoms. The number of nitrogens with zero attached hydrogens (tertiary/aromatic N) is 3. The first kappa shape index (κ1) is 24.2. The van der Waals surface area contributed by atoms with E-state index in [1.165, 1.54) is 0 Å². The standard InChI is InChI=1S/C29H28N4O4/c1-19-26(30-28(36)37-20(2)21-7-4-3-5-8-21)33(32-31-19)25-15-11-23(12-16-25)22-9-13-24(14-10-22)29(27(34)35)17-6-18-29/h3-5,7-16,20H,6,17-18H2,1-2H3,(H,30,36)(H,34,35). The minimum absolute atomic E-state index is 0.411. The molecule has 0 bridgehead atoms. The van der Waals surface area contributed by atoms with Crippen LogP contribution in [0.3, 0.4) is 0 Å². The summed E-state index contributed by atoms with van der Waals surface area (Å²) in [6, 6.07) is 25.0. The molecule has 2 N–H and O–H groups in total. The first-order chi connectivity index (χ1) is 17.9. The van der Waals surface area contributed by atoms with Crippen LogP contribution in [0.2, 0.25) is 0 Å². The Balaban J connectivity index is 1.30. The van der Waals surface area contributed by atoms with E-state index in [2.05, 4.69) is 15.6 Å². The molecule has 1 fully saturated rings. The Bertz CT molecular complexity index is 1410. The van der Waals surface area contributed by atoms with Gasteiger partial charge in [-0.1, -0.05) is 78.4 Å². The molecule has 1 heterocycles. The van der Waals surface area contributed by atoms with Gasteiger partial charge in [0.2, 0.25) is 0 Å². The van der Waals surface area contributed by atoms with Crippen LogP contribution in [0.1, 0.15) is 49.1 Å². The SMILES string of the molecule is Cc1nnn(-c2ccc(-c3ccc(C4(C(=O)O)CCC4)cc3)cc2)c1NC(=O)OC(C)c1ccccc1. The third-order valence-electron chi connectivity index (χ3n) is 7.11. The van der Waals surface area contributed by atoms with Gasteiger partial charge < -0.3 is 9.84 Å². The summed E-state index contributed by atoms with van der Waals surface area (Å²) in [4.78, 5) is 24.4. The molecule has 1 saturated carbocycles.